The SMILES string of the molecule is CC(C)(C(=O)[O-])C(=O)[O-].[Na+].[Na+]. The van der Waals surface area contributed by atoms with Crippen LogP contribution in [0.2, 0.25) is 0 Å². The third kappa shape index (κ3) is 5.22. The summed E-state index contributed by atoms with van der Waals surface area (Å²) >= 11 is 0. The second-order valence-corrected chi connectivity index (χ2v) is 2.20. The van der Waals surface area contributed by atoms with Gasteiger partial charge < -0.3 is 19.8 Å². The van der Waals surface area contributed by atoms with Gasteiger partial charge in [-0.3, -0.25) is 0 Å². The molecule has 0 heterocycles. The quantitative estimate of drug-likeness (QED) is 0.309. The minimum absolute atomic E-state index is 0. The molecule has 0 aliphatic rings. The van der Waals surface area contributed by atoms with Gasteiger partial charge in [0.25, 0.3) is 0 Å². The van der Waals surface area contributed by atoms with Crippen LogP contribution in [0.1, 0.15) is 13.8 Å². The molecule has 0 radical (unpaired) electrons. The molecular formula is C5H6Na2O4. The molecular weight excluding hydrogens is 170 g/mol. The topological polar surface area (TPSA) is 80.3 Å². The Hall–Kier alpha value is 0.940. The van der Waals surface area contributed by atoms with Gasteiger partial charge in [-0.2, -0.15) is 0 Å². The summed E-state index contributed by atoms with van der Waals surface area (Å²) in [4.78, 5) is 19.9. The van der Waals surface area contributed by atoms with Crippen molar-refractivity contribution in [3.63, 3.8) is 0 Å². The number of carboxylic acid groups (broad SMARTS) is 2. The van der Waals surface area contributed by atoms with E-state index < -0.39 is 17.4 Å². The molecule has 0 N–H and O–H groups in total. The van der Waals surface area contributed by atoms with Crippen LogP contribution < -0.4 is 69.3 Å². The van der Waals surface area contributed by atoms with E-state index >= 15 is 0 Å². The number of carbonyl (C=O) groups is 2. The molecule has 0 spiro atoms. The predicted octanol–water partition coefficient (Wildman–Crippen LogP) is -8.48. The number of carboxylic acids is 2. The van der Waals surface area contributed by atoms with Gasteiger partial charge in [-0.1, -0.05) is 0 Å². The fourth-order valence-corrected chi connectivity index (χ4v) is 0.0833. The first-order chi connectivity index (χ1) is 3.89. The summed E-state index contributed by atoms with van der Waals surface area (Å²) in [5, 5.41) is 19.9. The molecule has 0 bridgehead atoms. The number of hydrogen-bond donors (Lipinski definition) is 0. The molecule has 52 valence electrons. The second kappa shape index (κ2) is 6.46. The fourth-order valence-electron chi connectivity index (χ4n) is 0.0833. The van der Waals surface area contributed by atoms with Crippen LogP contribution in [0, 0.1) is 5.41 Å². The van der Waals surface area contributed by atoms with Gasteiger partial charge in [-0.15, -0.1) is 0 Å². The third-order valence-electron chi connectivity index (χ3n) is 1.02. The summed E-state index contributed by atoms with van der Waals surface area (Å²) in [5.41, 5.74) is -1.89. The predicted molar refractivity (Wildman–Crippen MR) is 23.8 cm³/mol. The molecule has 0 aliphatic heterocycles. The first-order valence-electron chi connectivity index (χ1n) is 2.32. The Bertz CT molecular complexity index is 139. The maximum absolute atomic E-state index is 9.93. The van der Waals surface area contributed by atoms with Crippen LogP contribution in [0.5, 0.6) is 0 Å². The number of rotatable bonds is 2. The summed E-state index contributed by atoms with van der Waals surface area (Å²) in [7, 11) is 0. The first-order valence-corrected chi connectivity index (χ1v) is 2.32. The van der Waals surface area contributed by atoms with Crippen molar-refractivity contribution in [3.05, 3.63) is 0 Å². The van der Waals surface area contributed by atoms with Crippen LogP contribution in [0.4, 0.5) is 0 Å². The third-order valence-corrected chi connectivity index (χ3v) is 1.02. The molecule has 0 fully saturated rings. The molecule has 0 rings (SSSR count). The van der Waals surface area contributed by atoms with E-state index in [1.807, 2.05) is 0 Å². The summed E-state index contributed by atoms with van der Waals surface area (Å²) < 4.78 is 0. The van der Waals surface area contributed by atoms with Crippen molar-refractivity contribution < 1.29 is 78.9 Å². The van der Waals surface area contributed by atoms with E-state index in [4.69, 9.17) is 0 Å². The smallest absolute Gasteiger partial charge is 0.549 e. The monoisotopic (exact) mass is 176 g/mol. The van der Waals surface area contributed by atoms with Crippen molar-refractivity contribution >= 4 is 11.9 Å². The van der Waals surface area contributed by atoms with Crippen molar-refractivity contribution in [2.45, 2.75) is 13.8 Å². The van der Waals surface area contributed by atoms with E-state index in [0.717, 1.165) is 13.8 Å². The molecule has 0 amide bonds. The van der Waals surface area contributed by atoms with Crippen LogP contribution in [0.15, 0.2) is 0 Å². The zero-order valence-corrected chi connectivity index (χ0v) is 11.1. The molecule has 0 aromatic rings. The largest absolute Gasteiger partial charge is 1.00 e. The average Bonchev–Trinajstić information content (AvgIpc) is 1.65. The molecule has 0 aromatic carbocycles. The van der Waals surface area contributed by atoms with Crippen molar-refractivity contribution in [2.24, 2.45) is 5.41 Å². The summed E-state index contributed by atoms with van der Waals surface area (Å²) in [6.45, 7) is 2.02. The molecule has 0 aromatic heterocycles. The van der Waals surface area contributed by atoms with E-state index in [9.17, 15) is 19.8 Å². The first kappa shape index (κ1) is 17.9. The maximum atomic E-state index is 9.93. The van der Waals surface area contributed by atoms with Gasteiger partial charge in [0.1, 0.15) is 0 Å². The summed E-state index contributed by atoms with van der Waals surface area (Å²) in [5.74, 6) is -3.27. The van der Waals surface area contributed by atoms with Gasteiger partial charge >= 0.3 is 59.1 Å². The Morgan fingerprint density at radius 1 is 1.00 bits per heavy atom. The molecule has 0 aliphatic carbocycles. The van der Waals surface area contributed by atoms with Gasteiger partial charge in [0, 0.05) is 5.41 Å². The van der Waals surface area contributed by atoms with E-state index in [-0.39, 0.29) is 59.1 Å². The van der Waals surface area contributed by atoms with E-state index in [2.05, 4.69) is 0 Å². The minimum Gasteiger partial charge on any atom is -0.549 e. The van der Waals surface area contributed by atoms with E-state index in [1.165, 1.54) is 0 Å². The Morgan fingerprint density at radius 3 is 1.18 bits per heavy atom. The normalized spacial score (nSPS) is 8.91. The van der Waals surface area contributed by atoms with Crippen LogP contribution >= 0.6 is 0 Å². The Morgan fingerprint density at radius 2 is 1.18 bits per heavy atom. The van der Waals surface area contributed by atoms with Crippen molar-refractivity contribution in [3.8, 4) is 0 Å². The van der Waals surface area contributed by atoms with Crippen LogP contribution in [-0.4, -0.2) is 11.9 Å². The molecule has 0 saturated carbocycles. The maximum Gasteiger partial charge on any atom is 1.00 e. The molecule has 0 unspecified atom stereocenters. The molecule has 6 heteroatoms. The average molecular weight is 176 g/mol. The summed E-state index contributed by atoms with van der Waals surface area (Å²) in [6.07, 6.45) is 0. The number of carbonyl (C=O) groups excluding carboxylic acids is 2. The van der Waals surface area contributed by atoms with Crippen LogP contribution in [0.3, 0.4) is 0 Å². The standard InChI is InChI=1S/C5H8O4.2Na/c1-5(2,3(6)7)4(8)9;;/h1-2H3,(H,6,7)(H,8,9);;/q;2*+1/p-2. The fraction of sp³-hybridized carbons (Fsp3) is 0.600. The Balaban J connectivity index is -0.000000320. The zero-order chi connectivity index (χ0) is 7.65. The van der Waals surface area contributed by atoms with Gasteiger partial charge in [0.15, 0.2) is 0 Å². The Kier molecular flexibility index (Phi) is 10.5. The van der Waals surface area contributed by atoms with Crippen LogP contribution in [-0.2, 0) is 9.59 Å². The van der Waals surface area contributed by atoms with Crippen LogP contribution in [0.25, 0.3) is 0 Å². The number of aliphatic carboxylic acids is 2. The minimum atomic E-state index is -1.89. The number of hydrogen-bond acceptors (Lipinski definition) is 4. The summed E-state index contributed by atoms with van der Waals surface area (Å²) in [6, 6.07) is 0. The van der Waals surface area contributed by atoms with Gasteiger partial charge in [0.05, 0.1) is 11.9 Å². The van der Waals surface area contributed by atoms with Gasteiger partial charge in [-0.25, -0.2) is 0 Å². The van der Waals surface area contributed by atoms with Crippen molar-refractivity contribution in [2.75, 3.05) is 0 Å². The molecule has 0 atom stereocenters. The molecule has 11 heavy (non-hydrogen) atoms. The van der Waals surface area contributed by atoms with Gasteiger partial charge in [-0.05, 0) is 13.8 Å². The van der Waals surface area contributed by atoms with E-state index in [1.54, 1.807) is 0 Å². The van der Waals surface area contributed by atoms with E-state index in [0.29, 0.717) is 0 Å². The second-order valence-electron chi connectivity index (χ2n) is 2.20. The molecule has 4 nitrogen and oxygen atoms in total. The van der Waals surface area contributed by atoms with Crippen molar-refractivity contribution in [1.82, 2.24) is 0 Å². The Labute approximate surface area is 109 Å². The zero-order valence-electron chi connectivity index (χ0n) is 7.13. The molecule has 0 saturated heterocycles. The van der Waals surface area contributed by atoms with Gasteiger partial charge in [0.2, 0.25) is 0 Å². The van der Waals surface area contributed by atoms with Crippen molar-refractivity contribution in [1.29, 1.82) is 0 Å².